The minimum Gasteiger partial charge on any atom is -0.336 e. The van der Waals surface area contributed by atoms with Gasteiger partial charge in [-0.15, -0.1) is 0 Å². The number of hydrogen-bond donors (Lipinski definition) is 2. The highest BCUT2D eigenvalue weighted by Crippen LogP contribution is 2.06. The van der Waals surface area contributed by atoms with E-state index in [-0.39, 0.29) is 6.03 Å². The summed E-state index contributed by atoms with van der Waals surface area (Å²) in [7, 11) is 0. The Morgan fingerprint density at radius 3 is 2.86 bits per heavy atom. The smallest absolute Gasteiger partial charge is 0.317 e. The Hall–Kier alpha value is -0.810. The predicted molar refractivity (Wildman–Crippen MR) is 54.0 cm³/mol. The number of rotatable bonds is 3. The van der Waals surface area contributed by atoms with Crippen LogP contribution in [0.1, 0.15) is 6.42 Å². The van der Waals surface area contributed by atoms with Crippen LogP contribution in [0, 0.1) is 0 Å². The first-order chi connectivity index (χ1) is 6.75. The van der Waals surface area contributed by atoms with Crippen LogP contribution in [-0.4, -0.2) is 61.1 Å². The second-order valence-electron chi connectivity index (χ2n) is 4.07. The highest BCUT2D eigenvalue weighted by Gasteiger charge is 2.22. The molecule has 80 valence electrons. The molecule has 5 heteroatoms. The van der Waals surface area contributed by atoms with Crippen molar-refractivity contribution in [1.29, 1.82) is 0 Å². The second-order valence-corrected chi connectivity index (χ2v) is 4.07. The van der Waals surface area contributed by atoms with Gasteiger partial charge in [0.05, 0.1) is 0 Å². The molecular weight excluding hydrogens is 180 g/mol. The molecule has 0 aromatic carbocycles. The van der Waals surface area contributed by atoms with Gasteiger partial charge in [0.1, 0.15) is 0 Å². The Balaban J connectivity index is 1.69. The molecule has 0 aromatic heterocycles. The van der Waals surface area contributed by atoms with Gasteiger partial charge in [-0.3, -0.25) is 4.90 Å². The molecule has 5 nitrogen and oxygen atoms in total. The summed E-state index contributed by atoms with van der Waals surface area (Å²) in [5.74, 6) is 0. The summed E-state index contributed by atoms with van der Waals surface area (Å²) in [6.07, 6.45) is 1.09. The Labute approximate surface area is 84.2 Å². The molecule has 2 rings (SSSR count). The highest BCUT2D eigenvalue weighted by atomic mass is 16.2. The minimum atomic E-state index is 0.0773. The summed E-state index contributed by atoms with van der Waals surface area (Å²) < 4.78 is 0. The molecular formula is C9H18N4O. The summed E-state index contributed by atoms with van der Waals surface area (Å²) in [4.78, 5) is 15.4. The molecule has 2 fully saturated rings. The van der Waals surface area contributed by atoms with Gasteiger partial charge in [-0.1, -0.05) is 0 Å². The molecule has 0 aliphatic carbocycles. The number of amides is 2. The van der Waals surface area contributed by atoms with E-state index in [1.165, 1.54) is 0 Å². The maximum atomic E-state index is 11.2. The van der Waals surface area contributed by atoms with Crippen molar-refractivity contribution in [2.45, 2.75) is 12.5 Å². The van der Waals surface area contributed by atoms with Gasteiger partial charge in [-0.2, -0.15) is 0 Å². The van der Waals surface area contributed by atoms with Gasteiger partial charge in [0.15, 0.2) is 0 Å². The fourth-order valence-electron chi connectivity index (χ4n) is 2.05. The molecule has 14 heavy (non-hydrogen) atoms. The van der Waals surface area contributed by atoms with Crippen molar-refractivity contribution in [3.05, 3.63) is 0 Å². The molecule has 2 aliphatic rings. The third kappa shape index (κ3) is 2.16. The quantitative estimate of drug-likeness (QED) is 0.614. The molecule has 2 aliphatic heterocycles. The fourth-order valence-corrected chi connectivity index (χ4v) is 2.05. The number of nitrogens with one attached hydrogen (secondary N) is 1. The predicted octanol–water partition coefficient (Wildman–Crippen LogP) is -0.955. The average molecular weight is 198 g/mol. The number of carbonyl (C=O) groups excluding carboxylic acids is 1. The van der Waals surface area contributed by atoms with Gasteiger partial charge < -0.3 is 16.0 Å². The number of nitrogens with zero attached hydrogens (tertiary/aromatic N) is 2. The number of nitrogens with two attached hydrogens (primary N) is 1. The van der Waals surface area contributed by atoms with Gasteiger partial charge in [0.2, 0.25) is 0 Å². The molecule has 0 spiro atoms. The lowest BCUT2D eigenvalue weighted by Crippen LogP contribution is -2.37. The summed E-state index contributed by atoms with van der Waals surface area (Å²) >= 11 is 0. The van der Waals surface area contributed by atoms with Crippen LogP contribution in [0.25, 0.3) is 0 Å². The van der Waals surface area contributed by atoms with Gasteiger partial charge in [0, 0.05) is 38.8 Å². The summed E-state index contributed by atoms with van der Waals surface area (Å²) in [6.45, 7) is 5.49. The molecule has 2 heterocycles. The number of hydrogen-bond acceptors (Lipinski definition) is 3. The molecule has 3 N–H and O–H groups in total. The fraction of sp³-hybridized carbons (Fsp3) is 0.889. The van der Waals surface area contributed by atoms with Crippen molar-refractivity contribution >= 4 is 6.03 Å². The topological polar surface area (TPSA) is 61.6 Å². The van der Waals surface area contributed by atoms with Gasteiger partial charge in [-0.25, -0.2) is 4.79 Å². The number of carbonyl (C=O) groups is 1. The Morgan fingerprint density at radius 2 is 2.29 bits per heavy atom. The van der Waals surface area contributed by atoms with Crippen molar-refractivity contribution in [2.24, 2.45) is 5.73 Å². The van der Waals surface area contributed by atoms with Crippen molar-refractivity contribution in [3.63, 3.8) is 0 Å². The molecule has 2 saturated heterocycles. The molecule has 2 amide bonds. The Bertz CT molecular complexity index is 221. The molecule has 0 aromatic rings. The van der Waals surface area contributed by atoms with Crippen molar-refractivity contribution in [3.8, 4) is 0 Å². The van der Waals surface area contributed by atoms with E-state index in [0.717, 1.165) is 45.7 Å². The largest absolute Gasteiger partial charge is 0.336 e. The van der Waals surface area contributed by atoms with Crippen LogP contribution in [0.15, 0.2) is 0 Å². The van der Waals surface area contributed by atoms with E-state index in [0.29, 0.717) is 6.04 Å². The van der Waals surface area contributed by atoms with Gasteiger partial charge >= 0.3 is 6.03 Å². The third-order valence-corrected chi connectivity index (χ3v) is 2.94. The maximum absolute atomic E-state index is 11.2. The van der Waals surface area contributed by atoms with Crippen LogP contribution < -0.4 is 11.1 Å². The lowest BCUT2D eigenvalue weighted by Gasteiger charge is -2.19. The maximum Gasteiger partial charge on any atom is 0.317 e. The number of likely N-dealkylation sites (tertiary alicyclic amines) is 1. The Morgan fingerprint density at radius 1 is 1.43 bits per heavy atom. The van der Waals surface area contributed by atoms with Gasteiger partial charge in [-0.05, 0) is 13.0 Å². The standard InChI is InChI=1S/C9H18N4O/c10-8-1-3-12(7-8)5-6-13-4-2-11-9(13)14/h8H,1-7,10H2,(H,11,14)/t8-/m1/s1. The van der Waals surface area contributed by atoms with Crippen molar-refractivity contribution in [1.82, 2.24) is 15.1 Å². The molecule has 1 atom stereocenters. The van der Waals surface area contributed by atoms with E-state index >= 15 is 0 Å². The molecule has 0 radical (unpaired) electrons. The van der Waals surface area contributed by atoms with E-state index in [2.05, 4.69) is 10.2 Å². The van der Waals surface area contributed by atoms with E-state index in [1.807, 2.05) is 4.90 Å². The van der Waals surface area contributed by atoms with E-state index in [1.54, 1.807) is 0 Å². The van der Waals surface area contributed by atoms with Crippen LogP contribution >= 0.6 is 0 Å². The summed E-state index contributed by atoms with van der Waals surface area (Å²) in [6, 6.07) is 0.413. The first-order valence-electron chi connectivity index (χ1n) is 5.26. The van der Waals surface area contributed by atoms with Crippen LogP contribution in [0.4, 0.5) is 4.79 Å². The van der Waals surface area contributed by atoms with E-state index in [4.69, 9.17) is 5.73 Å². The third-order valence-electron chi connectivity index (χ3n) is 2.94. The van der Waals surface area contributed by atoms with Crippen LogP contribution in [0.2, 0.25) is 0 Å². The zero-order valence-electron chi connectivity index (χ0n) is 8.41. The lowest BCUT2D eigenvalue weighted by molar-refractivity contribution is 0.208. The average Bonchev–Trinajstić information content (AvgIpc) is 2.72. The number of urea groups is 1. The Kier molecular flexibility index (Phi) is 2.88. The summed E-state index contributed by atoms with van der Waals surface area (Å²) in [5, 5.41) is 2.80. The zero-order valence-corrected chi connectivity index (χ0v) is 8.41. The van der Waals surface area contributed by atoms with Crippen molar-refractivity contribution in [2.75, 3.05) is 39.3 Å². The second kappa shape index (κ2) is 4.14. The molecule has 0 bridgehead atoms. The van der Waals surface area contributed by atoms with Crippen LogP contribution in [-0.2, 0) is 0 Å². The van der Waals surface area contributed by atoms with E-state index in [9.17, 15) is 4.79 Å². The first kappa shape index (κ1) is 9.73. The molecule has 0 unspecified atom stereocenters. The first-order valence-corrected chi connectivity index (χ1v) is 5.26. The monoisotopic (exact) mass is 198 g/mol. The molecule has 0 saturated carbocycles. The highest BCUT2D eigenvalue weighted by molar-refractivity contribution is 5.76. The van der Waals surface area contributed by atoms with Gasteiger partial charge in [0.25, 0.3) is 0 Å². The summed E-state index contributed by atoms with van der Waals surface area (Å²) in [5.41, 5.74) is 5.80. The zero-order chi connectivity index (χ0) is 9.97. The lowest BCUT2D eigenvalue weighted by atomic mass is 10.3. The van der Waals surface area contributed by atoms with E-state index < -0.39 is 0 Å². The van der Waals surface area contributed by atoms with Crippen LogP contribution in [0.5, 0.6) is 0 Å². The van der Waals surface area contributed by atoms with Crippen molar-refractivity contribution < 1.29 is 4.79 Å². The SMILES string of the molecule is N[C@@H]1CCN(CCN2CCNC2=O)C1. The minimum absolute atomic E-state index is 0.0773. The van der Waals surface area contributed by atoms with Crippen LogP contribution in [0.3, 0.4) is 0 Å². The normalized spacial score (nSPS) is 28.5.